The molecule has 3 rings (SSSR count). The zero-order chi connectivity index (χ0) is 23.5. The van der Waals surface area contributed by atoms with Gasteiger partial charge in [0, 0.05) is 18.7 Å². The summed E-state index contributed by atoms with van der Waals surface area (Å²) >= 11 is 5.70. The number of likely N-dealkylation sites (tertiary alicyclic amines) is 1. The van der Waals surface area contributed by atoms with Crippen molar-refractivity contribution in [2.45, 2.75) is 31.4 Å². The van der Waals surface area contributed by atoms with Crippen molar-refractivity contribution < 1.29 is 22.8 Å². The summed E-state index contributed by atoms with van der Waals surface area (Å²) in [5, 5.41) is 14.4. The lowest BCUT2D eigenvalue weighted by Gasteiger charge is -2.20. The van der Waals surface area contributed by atoms with Crippen molar-refractivity contribution in [3.63, 3.8) is 0 Å². The molecule has 32 heavy (non-hydrogen) atoms. The van der Waals surface area contributed by atoms with Crippen LogP contribution in [0.4, 0.5) is 18.9 Å². The van der Waals surface area contributed by atoms with Crippen LogP contribution in [0.2, 0.25) is 5.02 Å². The highest BCUT2D eigenvalue weighted by Gasteiger charge is 2.47. The first-order valence-corrected chi connectivity index (χ1v) is 9.99. The standard InChI is InChI=1S/C21H19ClF3N5O2/c1-12(13-2-3-16(22)17(23)6-13)29-18-9-27-5-4-15(18)20(32)28-10-19(31)30-11-21(24,25)7-14(30)8-26/h2-6,9,12,14,29H,7,10-11H2,1H3,(H,28,32). The highest BCUT2D eigenvalue weighted by atomic mass is 35.5. The first kappa shape index (κ1) is 23.3. The molecule has 1 aromatic carbocycles. The van der Waals surface area contributed by atoms with Gasteiger partial charge < -0.3 is 15.5 Å². The van der Waals surface area contributed by atoms with E-state index >= 15 is 0 Å². The molecule has 11 heteroatoms. The molecule has 0 saturated carbocycles. The Balaban J connectivity index is 1.67. The van der Waals surface area contributed by atoms with Crippen LogP contribution < -0.4 is 10.6 Å². The van der Waals surface area contributed by atoms with Crippen LogP contribution >= 0.6 is 11.6 Å². The number of amides is 2. The van der Waals surface area contributed by atoms with Crippen LogP contribution in [-0.2, 0) is 4.79 Å². The molecular weight excluding hydrogens is 447 g/mol. The fourth-order valence-corrected chi connectivity index (χ4v) is 3.47. The maximum absolute atomic E-state index is 13.8. The van der Waals surface area contributed by atoms with Crippen molar-refractivity contribution >= 4 is 29.1 Å². The molecule has 2 amide bonds. The molecule has 1 saturated heterocycles. The average Bonchev–Trinajstić information content (AvgIpc) is 3.08. The van der Waals surface area contributed by atoms with Gasteiger partial charge in [0.1, 0.15) is 11.9 Å². The Morgan fingerprint density at radius 1 is 1.41 bits per heavy atom. The van der Waals surface area contributed by atoms with Crippen LogP contribution in [0, 0.1) is 17.1 Å². The Morgan fingerprint density at radius 2 is 2.16 bits per heavy atom. The average molecular weight is 466 g/mol. The molecule has 1 aliphatic heterocycles. The lowest BCUT2D eigenvalue weighted by Crippen LogP contribution is -2.43. The fourth-order valence-electron chi connectivity index (χ4n) is 3.35. The van der Waals surface area contributed by atoms with Gasteiger partial charge in [-0.3, -0.25) is 14.6 Å². The summed E-state index contributed by atoms with van der Waals surface area (Å²) in [5.41, 5.74) is 1.05. The molecule has 2 unspecified atom stereocenters. The lowest BCUT2D eigenvalue weighted by molar-refractivity contribution is -0.131. The number of carbonyl (C=O) groups excluding carboxylic acids is 2. The fraction of sp³-hybridized carbons (Fsp3) is 0.333. The zero-order valence-electron chi connectivity index (χ0n) is 16.9. The Morgan fingerprint density at radius 3 is 2.84 bits per heavy atom. The van der Waals surface area contributed by atoms with Crippen molar-refractivity contribution in [1.29, 1.82) is 5.26 Å². The number of hydrogen-bond acceptors (Lipinski definition) is 5. The Hall–Kier alpha value is -3.32. The molecule has 1 aliphatic rings. The van der Waals surface area contributed by atoms with Gasteiger partial charge in [-0.1, -0.05) is 17.7 Å². The number of pyridine rings is 1. The van der Waals surface area contributed by atoms with Gasteiger partial charge in [-0.15, -0.1) is 0 Å². The topological polar surface area (TPSA) is 98.1 Å². The van der Waals surface area contributed by atoms with Gasteiger partial charge in [0.15, 0.2) is 0 Å². The first-order valence-electron chi connectivity index (χ1n) is 9.62. The van der Waals surface area contributed by atoms with Crippen LogP contribution in [0.1, 0.15) is 35.3 Å². The molecular formula is C21H19ClF3N5O2. The van der Waals surface area contributed by atoms with Gasteiger partial charge in [0.05, 0.1) is 41.6 Å². The number of aromatic nitrogens is 1. The highest BCUT2D eigenvalue weighted by molar-refractivity contribution is 6.30. The number of nitrogens with zero attached hydrogens (tertiary/aromatic N) is 3. The van der Waals surface area contributed by atoms with Crippen molar-refractivity contribution in [1.82, 2.24) is 15.2 Å². The first-order chi connectivity index (χ1) is 15.1. The number of anilines is 1. The Bertz CT molecular complexity index is 1080. The number of nitriles is 1. The van der Waals surface area contributed by atoms with E-state index in [9.17, 15) is 22.8 Å². The summed E-state index contributed by atoms with van der Waals surface area (Å²) in [5.74, 6) is -5.14. The van der Waals surface area contributed by atoms with Crippen molar-refractivity contribution in [3.8, 4) is 6.07 Å². The molecule has 168 valence electrons. The van der Waals surface area contributed by atoms with E-state index in [1.165, 1.54) is 30.6 Å². The minimum atomic E-state index is -3.14. The summed E-state index contributed by atoms with van der Waals surface area (Å²) in [6.07, 6.45) is 2.04. The van der Waals surface area contributed by atoms with Crippen molar-refractivity contribution in [2.24, 2.45) is 0 Å². The number of nitrogens with one attached hydrogen (secondary N) is 2. The third-order valence-electron chi connectivity index (χ3n) is 5.02. The molecule has 0 radical (unpaired) electrons. The molecule has 1 fully saturated rings. The molecule has 7 nitrogen and oxygen atoms in total. The molecule has 2 heterocycles. The maximum atomic E-state index is 13.8. The summed E-state index contributed by atoms with van der Waals surface area (Å²) in [6.45, 7) is 0.334. The second-order valence-corrected chi connectivity index (χ2v) is 7.78. The number of rotatable bonds is 6. The predicted molar refractivity (Wildman–Crippen MR) is 111 cm³/mol. The number of carbonyl (C=O) groups is 2. The van der Waals surface area contributed by atoms with Crippen LogP contribution in [0.3, 0.4) is 0 Å². The van der Waals surface area contributed by atoms with Gasteiger partial charge in [0.25, 0.3) is 11.8 Å². The highest BCUT2D eigenvalue weighted by Crippen LogP contribution is 2.31. The number of hydrogen-bond donors (Lipinski definition) is 2. The monoisotopic (exact) mass is 465 g/mol. The van der Waals surface area contributed by atoms with E-state index in [0.29, 0.717) is 11.3 Å². The van der Waals surface area contributed by atoms with Crippen LogP contribution in [0.25, 0.3) is 0 Å². The molecule has 2 atom stereocenters. The van der Waals surface area contributed by atoms with Gasteiger partial charge in [-0.2, -0.15) is 5.26 Å². The Labute approximate surface area is 187 Å². The number of alkyl halides is 2. The number of halogens is 4. The van der Waals surface area contributed by atoms with E-state index in [-0.39, 0.29) is 10.6 Å². The van der Waals surface area contributed by atoms with Crippen LogP contribution in [0.15, 0.2) is 36.7 Å². The number of benzene rings is 1. The van der Waals surface area contributed by atoms with E-state index < -0.39 is 55.1 Å². The van der Waals surface area contributed by atoms with E-state index in [0.717, 1.165) is 4.90 Å². The van der Waals surface area contributed by atoms with Crippen molar-refractivity contribution in [2.75, 3.05) is 18.4 Å². The molecule has 0 spiro atoms. The summed E-state index contributed by atoms with van der Waals surface area (Å²) in [4.78, 5) is 29.7. The van der Waals surface area contributed by atoms with E-state index in [1.807, 2.05) is 0 Å². The van der Waals surface area contributed by atoms with Crippen molar-refractivity contribution in [3.05, 3.63) is 58.6 Å². The van der Waals surface area contributed by atoms with Gasteiger partial charge in [0.2, 0.25) is 5.91 Å². The third kappa shape index (κ3) is 5.29. The lowest BCUT2D eigenvalue weighted by atomic mass is 10.1. The van der Waals surface area contributed by atoms with Gasteiger partial charge in [-0.25, -0.2) is 13.2 Å². The quantitative estimate of drug-likeness (QED) is 0.680. The third-order valence-corrected chi connectivity index (χ3v) is 5.33. The molecule has 2 aromatic rings. The molecule has 1 aromatic heterocycles. The second-order valence-electron chi connectivity index (χ2n) is 7.37. The summed E-state index contributed by atoms with van der Waals surface area (Å²) in [6, 6.07) is 5.77. The summed E-state index contributed by atoms with van der Waals surface area (Å²) in [7, 11) is 0. The maximum Gasteiger partial charge on any atom is 0.268 e. The van der Waals surface area contributed by atoms with E-state index in [4.69, 9.17) is 16.9 Å². The van der Waals surface area contributed by atoms with E-state index in [2.05, 4.69) is 15.6 Å². The van der Waals surface area contributed by atoms with Crippen LogP contribution in [0.5, 0.6) is 0 Å². The molecule has 2 N–H and O–H groups in total. The van der Waals surface area contributed by atoms with Crippen LogP contribution in [-0.4, -0.2) is 46.8 Å². The summed E-state index contributed by atoms with van der Waals surface area (Å²) < 4.78 is 40.8. The van der Waals surface area contributed by atoms with E-state index in [1.54, 1.807) is 19.1 Å². The second kappa shape index (κ2) is 9.44. The SMILES string of the molecule is CC(Nc1cnccc1C(=O)NCC(=O)N1CC(F)(F)CC1C#N)c1ccc(Cl)c(F)c1. The largest absolute Gasteiger partial charge is 0.377 e. The normalized spacial score (nSPS) is 18.0. The molecule has 0 aliphatic carbocycles. The molecule has 0 bridgehead atoms. The predicted octanol–water partition coefficient (Wildman–Crippen LogP) is 3.54. The Kier molecular flexibility index (Phi) is 6.89. The minimum absolute atomic E-state index is 0.0125. The van der Waals surface area contributed by atoms with Gasteiger partial charge >= 0.3 is 0 Å². The van der Waals surface area contributed by atoms with Gasteiger partial charge in [-0.05, 0) is 30.7 Å². The minimum Gasteiger partial charge on any atom is -0.377 e. The smallest absolute Gasteiger partial charge is 0.268 e. The zero-order valence-corrected chi connectivity index (χ0v) is 17.7.